The van der Waals surface area contributed by atoms with Crippen LogP contribution in [-0.2, 0) is 0 Å². The Morgan fingerprint density at radius 1 is 1.21 bits per heavy atom. The molecular weight excluding hydrogens is 453 g/mol. The number of hydrogen-bond acceptors (Lipinski definition) is 8. The molecule has 0 radical (unpaired) electrons. The Morgan fingerprint density at radius 3 is 2.56 bits per heavy atom. The molecule has 3 aromatic rings. The van der Waals surface area contributed by atoms with E-state index in [2.05, 4.69) is 36.9 Å². The van der Waals surface area contributed by atoms with Crippen molar-refractivity contribution in [3.8, 4) is 5.88 Å². The summed E-state index contributed by atoms with van der Waals surface area (Å²) in [5.74, 6) is 5.47. The molecule has 0 saturated heterocycles. The van der Waals surface area contributed by atoms with Crippen LogP contribution in [0.2, 0.25) is 0 Å². The van der Waals surface area contributed by atoms with Gasteiger partial charge >= 0.3 is 0 Å². The molecule has 4 rings (SSSR count). The Kier molecular flexibility index (Phi) is 9.46. The van der Waals surface area contributed by atoms with Crippen molar-refractivity contribution in [2.45, 2.75) is 38.5 Å². The standard InChI is InChI=1S/C21H23FN6OS.C2H6.CH5N/c1-21(2)20(23)27-16(11-30(21)4)13-9-12(5-6-14(13)22)26-15-7-8-24-19-18(15)25-10-17(28-19)29-3;2*1-2/h5-10,16H,4,11H2,1-3H3,(H2,23,27)(H,24,26,28);1-2H3;2H2,1H3. The zero-order chi connectivity index (χ0) is 25.5. The van der Waals surface area contributed by atoms with Crippen LogP contribution < -0.4 is 21.5 Å². The third-order valence-electron chi connectivity index (χ3n) is 5.26. The lowest BCUT2D eigenvalue weighted by Gasteiger charge is -2.35. The number of nitrogens with one attached hydrogen (secondary N) is 1. The first-order valence-corrected chi connectivity index (χ1v) is 12.5. The maximum atomic E-state index is 14.7. The van der Waals surface area contributed by atoms with Gasteiger partial charge in [-0.3, -0.25) is 4.99 Å². The van der Waals surface area contributed by atoms with E-state index in [1.807, 2.05) is 27.7 Å². The number of rotatable bonds is 4. The highest BCUT2D eigenvalue weighted by Crippen LogP contribution is 2.41. The number of anilines is 2. The molecule has 8 nitrogen and oxygen atoms in total. The topological polar surface area (TPSA) is 124 Å². The first kappa shape index (κ1) is 27.1. The maximum absolute atomic E-state index is 14.7. The number of nitrogens with zero attached hydrogens (tertiary/aromatic N) is 4. The lowest BCUT2D eigenvalue weighted by Crippen LogP contribution is -2.41. The molecule has 0 saturated carbocycles. The number of pyridine rings is 1. The molecule has 3 heterocycles. The van der Waals surface area contributed by atoms with Crippen LogP contribution >= 0.6 is 10.5 Å². The molecule has 0 spiro atoms. The predicted octanol–water partition coefficient (Wildman–Crippen LogP) is 4.41. The summed E-state index contributed by atoms with van der Waals surface area (Å²) in [6.07, 6.45) is 3.16. The van der Waals surface area contributed by atoms with Crippen molar-refractivity contribution in [2.75, 3.05) is 25.2 Å². The van der Waals surface area contributed by atoms with E-state index in [0.717, 1.165) is 0 Å². The quantitative estimate of drug-likeness (QED) is 0.466. The number of aliphatic imine (C=N–C) groups is 1. The van der Waals surface area contributed by atoms with Gasteiger partial charge in [0.15, 0.2) is 5.65 Å². The predicted molar refractivity (Wildman–Crippen MR) is 143 cm³/mol. The largest absolute Gasteiger partial charge is 0.480 e. The molecule has 0 fully saturated rings. The first-order chi connectivity index (χ1) is 16.3. The normalized spacial score (nSPS) is 18.5. The fourth-order valence-electron chi connectivity index (χ4n) is 3.20. The highest BCUT2D eigenvalue weighted by molar-refractivity contribution is 8.16. The lowest BCUT2D eigenvalue weighted by molar-refractivity contribution is 0.397. The first-order valence-electron chi connectivity index (χ1n) is 10.9. The number of aromatic nitrogens is 3. The Hall–Kier alpha value is -3.11. The fraction of sp³-hybridized carbons (Fsp3) is 0.375. The Labute approximate surface area is 203 Å². The van der Waals surface area contributed by atoms with E-state index in [4.69, 9.17) is 10.5 Å². The Bertz CT molecular complexity index is 1180. The van der Waals surface area contributed by atoms with Crippen molar-refractivity contribution in [1.29, 1.82) is 0 Å². The van der Waals surface area contributed by atoms with Gasteiger partial charge in [-0.1, -0.05) is 19.7 Å². The van der Waals surface area contributed by atoms with Crippen LogP contribution in [0.4, 0.5) is 15.8 Å². The second-order valence-corrected chi connectivity index (χ2v) is 9.84. The minimum Gasteiger partial charge on any atom is -0.480 e. The molecule has 2 atom stereocenters. The van der Waals surface area contributed by atoms with Crippen molar-refractivity contribution < 1.29 is 9.13 Å². The van der Waals surface area contributed by atoms with E-state index < -0.39 is 0 Å². The van der Waals surface area contributed by atoms with Crippen LogP contribution in [0, 0.1) is 5.82 Å². The van der Waals surface area contributed by atoms with E-state index in [9.17, 15) is 4.39 Å². The van der Waals surface area contributed by atoms with Gasteiger partial charge in [0.2, 0.25) is 5.88 Å². The summed E-state index contributed by atoms with van der Waals surface area (Å²) in [6, 6.07) is 6.29. The van der Waals surface area contributed by atoms with E-state index in [0.29, 0.717) is 45.6 Å². The molecule has 10 heteroatoms. The van der Waals surface area contributed by atoms with E-state index in [-0.39, 0.29) is 27.1 Å². The maximum Gasteiger partial charge on any atom is 0.234 e. The average molecular weight is 488 g/mol. The summed E-state index contributed by atoms with van der Waals surface area (Å²) in [5.41, 5.74) is 13.6. The van der Waals surface area contributed by atoms with E-state index >= 15 is 0 Å². The number of benzene rings is 1. The number of halogens is 1. The summed E-state index contributed by atoms with van der Waals surface area (Å²) in [4.78, 5) is 17.5. The zero-order valence-electron chi connectivity index (χ0n) is 20.6. The molecule has 1 aromatic carbocycles. The Balaban J connectivity index is 0.000000970. The number of methoxy groups -OCH3 is 1. The van der Waals surface area contributed by atoms with Gasteiger partial charge in [0.1, 0.15) is 17.2 Å². The smallest absolute Gasteiger partial charge is 0.234 e. The van der Waals surface area contributed by atoms with Crippen molar-refractivity contribution in [3.63, 3.8) is 0 Å². The monoisotopic (exact) mass is 487 g/mol. The van der Waals surface area contributed by atoms with Crippen LogP contribution in [0.1, 0.15) is 39.3 Å². The molecule has 2 aromatic heterocycles. The van der Waals surface area contributed by atoms with Gasteiger partial charge in [-0.25, -0.2) is 14.4 Å². The summed E-state index contributed by atoms with van der Waals surface area (Å²) < 4.78 is 19.5. The fourth-order valence-corrected chi connectivity index (χ4v) is 4.60. The van der Waals surface area contributed by atoms with Crippen LogP contribution in [0.3, 0.4) is 0 Å². The number of ether oxygens (including phenoxy) is 1. The number of fused-ring (bicyclic) bond motifs is 1. The van der Waals surface area contributed by atoms with Gasteiger partial charge in [0.25, 0.3) is 0 Å². The lowest BCUT2D eigenvalue weighted by atomic mass is 10.1. The van der Waals surface area contributed by atoms with Crippen molar-refractivity contribution in [1.82, 2.24) is 15.0 Å². The van der Waals surface area contributed by atoms with Crippen LogP contribution in [0.5, 0.6) is 5.88 Å². The minimum atomic E-state index is -0.362. The summed E-state index contributed by atoms with van der Waals surface area (Å²) >= 11 is 0. The van der Waals surface area contributed by atoms with Crippen molar-refractivity contribution in [3.05, 3.63) is 48.0 Å². The molecule has 2 unspecified atom stereocenters. The van der Waals surface area contributed by atoms with Gasteiger partial charge in [-0.15, -0.1) is 0 Å². The van der Waals surface area contributed by atoms with E-state index in [1.165, 1.54) is 26.4 Å². The number of amidine groups is 1. The molecule has 184 valence electrons. The summed E-state index contributed by atoms with van der Waals surface area (Å²) in [7, 11) is 2.76. The van der Waals surface area contributed by atoms with Crippen LogP contribution in [0.15, 0.2) is 41.7 Å². The Morgan fingerprint density at radius 2 is 1.91 bits per heavy atom. The van der Waals surface area contributed by atoms with E-state index in [1.54, 1.807) is 24.4 Å². The molecule has 0 amide bonds. The molecule has 0 bridgehead atoms. The third-order valence-corrected chi connectivity index (χ3v) is 7.63. The summed E-state index contributed by atoms with van der Waals surface area (Å²) in [6.45, 7) is 8.05. The number of nitrogens with two attached hydrogens (primary N) is 2. The molecular formula is C24H34FN7OS. The second kappa shape index (κ2) is 11.8. The van der Waals surface area contributed by atoms with Gasteiger partial charge in [0, 0.05) is 23.2 Å². The van der Waals surface area contributed by atoms with Crippen LogP contribution in [0.25, 0.3) is 11.2 Å². The van der Waals surface area contributed by atoms with Crippen molar-refractivity contribution >= 4 is 44.7 Å². The summed E-state index contributed by atoms with van der Waals surface area (Å²) in [5, 5.41) is 3.29. The van der Waals surface area contributed by atoms with Gasteiger partial charge in [-0.05, 0) is 45.2 Å². The second-order valence-electron chi connectivity index (χ2n) is 7.50. The minimum absolute atomic E-state index is 0.267. The van der Waals surface area contributed by atoms with Gasteiger partial charge < -0.3 is 21.5 Å². The molecule has 5 N–H and O–H groups in total. The molecule has 0 aliphatic carbocycles. The number of hydrogen-bond donors (Lipinski definition) is 3. The highest BCUT2D eigenvalue weighted by Gasteiger charge is 2.33. The highest BCUT2D eigenvalue weighted by atomic mass is 32.2. The molecule has 1 aliphatic heterocycles. The third kappa shape index (κ3) is 5.68. The SMILES string of the molecule is C=S1CC(c2cc(Nc3ccnc4nc(OC)cnc34)ccc2F)N=C(N)C1(C)C.CC.CN. The zero-order valence-corrected chi connectivity index (χ0v) is 21.4. The van der Waals surface area contributed by atoms with Gasteiger partial charge in [-0.2, -0.15) is 15.5 Å². The van der Waals surface area contributed by atoms with Crippen molar-refractivity contribution in [2.24, 2.45) is 16.5 Å². The molecule has 34 heavy (non-hydrogen) atoms. The molecule has 1 aliphatic rings. The average Bonchev–Trinajstić information content (AvgIpc) is 2.86. The van der Waals surface area contributed by atoms with Gasteiger partial charge in [0.05, 0.1) is 29.8 Å². The van der Waals surface area contributed by atoms with Crippen LogP contribution in [-0.4, -0.2) is 51.3 Å².